The van der Waals surface area contributed by atoms with Gasteiger partial charge in [0, 0.05) is 19.0 Å². The molecule has 1 aromatic heterocycles. The minimum Gasteiger partial charge on any atom is -0.338 e. The van der Waals surface area contributed by atoms with E-state index < -0.39 is 23.7 Å². The Morgan fingerprint density at radius 2 is 2.23 bits per heavy atom. The SMILES string of the molecule is O=C(c1cccc(C(F)F)c1F)N1CCC(c2ncn[nH]2)C1. The highest BCUT2D eigenvalue weighted by Crippen LogP contribution is 2.28. The number of carbonyl (C=O) groups is 1. The van der Waals surface area contributed by atoms with E-state index in [9.17, 15) is 18.0 Å². The van der Waals surface area contributed by atoms with Gasteiger partial charge in [0.2, 0.25) is 0 Å². The van der Waals surface area contributed by atoms with Crippen molar-refractivity contribution in [3.8, 4) is 0 Å². The van der Waals surface area contributed by atoms with Gasteiger partial charge in [-0.15, -0.1) is 0 Å². The minimum atomic E-state index is -2.95. The summed E-state index contributed by atoms with van der Waals surface area (Å²) in [6.45, 7) is 0.773. The van der Waals surface area contributed by atoms with Crippen LogP contribution in [-0.2, 0) is 0 Å². The summed E-state index contributed by atoms with van der Waals surface area (Å²) in [4.78, 5) is 17.8. The van der Waals surface area contributed by atoms with Crippen LogP contribution in [0.4, 0.5) is 13.2 Å². The molecule has 0 spiro atoms. The van der Waals surface area contributed by atoms with E-state index in [0.717, 1.165) is 6.07 Å². The number of nitrogens with one attached hydrogen (secondary N) is 1. The van der Waals surface area contributed by atoms with Gasteiger partial charge in [0.1, 0.15) is 18.0 Å². The lowest BCUT2D eigenvalue weighted by molar-refractivity contribution is 0.0784. The molecule has 1 amide bonds. The summed E-state index contributed by atoms with van der Waals surface area (Å²) in [5.74, 6) is -1.07. The van der Waals surface area contributed by atoms with Gasteiger partial charge in [-0.1, -0.05) is 12.1 Å². The van der Waals surface area contributed by atoms with Gasteiger partial charge in [0.05, 0.1) is 11.1 Å². The average Bonchev–Trinajstić information content (AvgIpc) is 3.17. The number of rotatable bonds is 3. The quantitative estimate of drug-likeness (QED) is 0.947. The maximum Gasteiger partial charge on any atom is 0.266 e. The van der Waals surface area contributed by atoms with Crippen LogP contribution in [-0.4, -0.2) is 39.1 Å². The highest BCUT2D eigenvalue weighted by molar-refractivity contribution is 5.95. The molecule has 0 saturated carbocycles. The monoisotopic (exact) mass is 310 g/mol. The minimum absolute atomic E-state index is 0.00667. The van der Waals surface area contributed by atoms with Gasteiger partial charge in [-0.05, 0) is 12.5 Å². The lowest BCUT2D eigenvalue weighted by atomic mass is 10.1. The average molecular weight is 310 g/mol. The molecule has 3 rings (SSSR count). The Labute approximate surface area is 124 Å². The predicted molar refractivity (Wildman–Crippen MR) is 71.0 cm³/mol. The lowest BCUT2D eigenvalue weighted by Gasteiger charge is -2.17. The lowest BCUT2D eigenvalue weighted by Crippen LogP contribution is -2.29. The zero-order valence-corrected chi connectivity index (χ0v) is 11.5. The van der Waals surface area contributed by atoms with Gasteiger partial charge >= 0.3 is 0 Å². The number of hydrogen-bond acceptors (Lipinski definition) is 3. The highest BCUT2D eigenvalue weighted by atomic mass is 19.3. The third-order valence-corrected chi connectivity index (χ3v) is 3.79. The van der Waals surface area contributed by atoms with Crippen LogP contribution in [0.3, 0.4) is 0 Å². The third kappa shape index (κ3) is 2.56. The Bertz CT molecular complexity index is 675. The summed E-state index contributed by atoms with van der Waals surface area (Å²) in [5, 5.41) is 6.50. The van der Waals surface area contributed by atoms with E-state index in [1.165, 1.54) is 23.4 Å². The Morgan fingerprint density at radius 3 is 2.91 bits per heavy atom. The van der Waals surface area contributed by atoms with Crippen LogP contribution >= 0.6 is 0 Å². The van der Waals surface area contributed by atoms with Crippen LogP contribution < -0.4 is 0 Å². The molecule has 116 valence electrons. The van der Waals surface area contributed by atoms with Crippen molar-refractivity contribution in [2.24, 2.45) is 0 Å². The van der Waals surface area contributed by atoms with Gasteiger partial charge in [-0.25, -0.2) is 18.2 Å². The van der Waals surface area contributed by atoms with E-state index >= 15 is 0 Å². The van der Waals surface area contributed by atoms with Crippen LogP contribution in [0.5, 0.6) is 0 Å². The molecule has 2 aromatic rings. The molecular weight excluding hydrogens is 297 g/mol. The van der Waals surface area contributed by atoms with Crippen molar-refractivity contribution >= 4 is 5.91 Å². The largest absolute Gasteiger partial charge is 0.338 e. The number of aromatic amines is 1. The molecule has 1 aliphatic heterocycles. The Morgan fingerprint density at radius 1 is 1.41 bits per heavy atom. The molecule has 8 heteroatoms. The van der Waals surface area contributed by atoms with E-state index in [2.05, 4.69) is 15.2 Å². The van der Waals surface area contributed by atoms with E-state index in [1.54, 1.807) is 0 Å². The number of alkyl halides is 2. The number of likely N-dealkylation sites (tertiary alicyclic amines) is 1. The Balaban J connectivity index is 1.79. The molecule has 1 unspecified atom stereocenters. The molecule has 1 aromatic carbocycles. The highest BCUT2D eigenvalue weighted by Gasteiger charge is 2.31. The molecule has 1 saturated heterocycles. The molecule has 1 N–H and O–H groups in total. The van der Waals surface area contributed by atoms with E-state index in [-0.39, 0.29) is 11.5 Å². The van der Waals surface area contributed by atoms with E-state index in [4.69, 9.17) is 0 Å². The number of halogens is 3. The smallest absolute Gasteiger partial charge is 0.266 e. The molecule has 5 nitrogen and oxygen atoms in total. The summed E-state index contributed by atoms with van der Waals surface area (Å²) < 4.78 is 39.5. The maximum absolute atomic E-state index is 14.0. The summed E-state index contributed by atoms with van der Waals surface area (Å²) in [5.41, 5.74) is -1.08. The van der Waals surface area contributed by atoms with Gasteiger partial charge in [-0.2, -0.15) is 5.10 Å². The predicted octanol–water partition coefficient (Wildman–Crippen LogP) is 2.51. The second-order valence-electron chi connectivity index (χ2n) is 5.12. The van der Waals surface area contributed by atoms with E-state index in [1.807, 2.05) is 0 Å². The number of nitrogens with zero attached hydrogens (tertiary/aromatic N) is 3. The first kappa shape index (κ1) is 14.6. The zero-order valence-electron chi connectivity index (χ0n) is 11.5. The van der Waals surface area contributed by atoms with Crippen molar-refractivity contribution in [2.45, 2.75) is 18.8 Å². The fourth-order valence-corrected chi connectivity index (χ4v) is 2.63. The molecule has 0 aliphatic carbocycles. The van der Waals surface area contributed by atoms with Crippen molar-refractivity contribution in [2.75, 3.05) is 13.1 Å². The summed E-state index contributed by atoms with van der Waals surface area (Å²) in [6.07, 6.45) is -0.906. The molecule has 2 heterocycles. The number of carbonyl (C=O) groups excluding carboxylic acids is 1. The molecule has 0 radical (unpaired) electrons. The van der Waals surface area contributed by atoms with Gasteiger partial charge in [0.15, 0.2) is 0 Å². The standard InChI is InChI=1S/C14H13F3N4O/c15-11-9(12(16)17)2-1-3-10(11)14(22)21-5-4-8(6-21)13-18-7-19-20-13/h1-3,7-8,12H,4-6H2,(H,18,19,20). The van der Waals surface area contributed by atoms with Crippen molar-refractivity contribution in [1.82, 2.24) is 20.1 Å². The topological polar surface area (TPSA) is 61.9 Å². The fraction of sp³-hybridized carbons (Fsp3) is 0.357. The van der Waals surface area contributed by atoms with Crippen LogP contribution in [0.15, 0.2) is 24.5 Å². The number of benzene rings is 1. The normalized spacial score (nSPS) is 18.2. The molecule has 1 aliphatic rings. The number of hydrogen-bond donors (Lipinski definition) is 1. The van der Waals surface area contributed by atoms with Crippen LogP contribution in [0, 0.1) is 5.82 Å². The molecule has 1 fully saturated rings. The zero-order chi connectivity index (χ0) is 15.7. The molecule has 22 heavy (non-hydrogen) atoms. The van der Waals surface area contributed by atoms with Crippen molar-refractivity contribution in [3.05, 3.63) is 47.3 Å². The Kier molecular flexibility index (Phi) is 3.82. The van der Waals surface area contributed by atoms with Crippen molar-refractivity contribution in [3.63, 3.8) is 0 Å². The number of aromatic nitrogens is 3. The van der Waals surface area contributed by atoms with Crippen molar-refractivity contribution < 1.29 is 18.0 Å². The van der Waals surface area contributed by atoms with Gasteiger partial charge in [-0.3, -0.25) is 9.89 Å². The second-order valence-corrected chi connectivity index (χ2v) is 5.12. The van der Waals surface area contributed by atoms with E-state index in [0.29, 0.717) is 25.3 Å². The molecular formula is C14H13F3N4O. The fourth-order valence-electron chi connectivity index (χ4n) is 2.63. The number of amides is 1. The van der Waals surface area contributed by atoms with Crippen LogP contribution in [0.25, 0.3) is 0 Å². The van der Waals surface area contributed by atoms with Crippen LogP contribution in [0.2, 0.25) is 0 Å². The summed E-state index contributed by atoms with van der Waals surface area (Å²) in [7, 11) is 0. The first-order valence-corrected chi connectivity index (χ1v) is 6.79. The van der Waals surface area contributed by atoms with Gasteiger partial charge < -0.3 is 4.90 Å². The summed E-state index contributed by atoms with van der Waals surface area (Å²) in [6, 6.07) is 3.48. The second kappa shape index (κ2) is 5.78. The molecule has 0 bridgehead atoms. The summed E-state index contributed by atoms with van der Waals surface area (Å²) >= 11 is 0. The third-order valence-electron chi connectivity index (χ3n) is 3.79. The number of H-pyrrole nitrogens is 1. The van der Waals surface area contributed by atoms with Gasteiger partial charge in [0.25, 0.3) is 12.3 Å². The first-order chi connectivity index (χ1) is 10.6. The first-order valence-electron chi connectivity index (χ1n) is 6.79. The molecule has 1 atom stereocenters. The van der Waals surface area contributed by atoms with Crippen molar-refractivity contribution in [1.29, 1.82) is 0 Å². The maximum atomic E-state index is 14.0. The Hall–Kier alpha value is -2.38. The van der Waals surface area contributed by atoms with Crippen LogP contribution in [0.1, 0.15) is 40.5 Å².